The van der Waals surface area contributed by atoms with Crippen molar-refractivity contribution in [3.05, 3.63) is 24.0 Å². The lowest BCUT2D eigenvalue weighted by atomic mass is 9.96. The Balaban J connectivity index is 1.89. The van der Waals surface area contributed by atoms with Gasteiger partial charge in [0.15, 0.2) is 0 Å². The second-order valence-corrected chi connectivity index (χ2v) is 5.34. The zero-order valence-corrected chi connectivity index (χ0v) is 11.1. The summed E-state index contributed by atoms with van der Waals surface area (Å²) < 4.78 is 12.9. The van der Waals surface area contributed by atoms with E-state index in [-0.39, 0.29) is 17.4 Å². The Morgan fingerprint density at radius 3 is 2.58 bits per heavy atom. The molecule has 3 N–H and O–H groups in total. The van der Waals surface area contributed by atoms with E-state index in [0.29, 0.717) is 18.0 Å². The van der Waals surface area contributed by atoms with Gasteiger partial charge in [0.05, 0.1) is 11.4 Å². The van der Waals surface area contributed by atoms with Gasteiger partial charge in [-0.3, -0.25) is 4.79 Å². The predicted octanol–water partition coefficient (Wildman–Crippen LogP) is 3.71. The molecular formula is C15H21FN2O. The third-order valence-corrected chi connectivity index (χ3v) is 3.74. The maximum atomic E-state index is 12.9. The molecule has 1 aromatic rings. The van der Waals surface area contributed by atoms with Crippen LogP contribution < -0.4 is 11.1 Å². The van der Waals surface area contributed by atoms with Gasteiger partial charge in [-0.05, 0) is 37.0 Å². The van der Waals surface area contributed by atoms with Crippen molar-refractivity contribution in [2.75, 3.05) is 11.1 Å². The van der Waals surface area contributed by atoms with E-state index in [4.69, 9.17) is 5.73 Å². The van der Waals surface area contributed by atoms with E-state index in [1.165, 1.54) is 43.9 Å². The first kappa shape index (κ1) is 13.8. The number of carbonyl (C=O) groups excluding carboxylic acids is 1. The summed E-state index contributed by atoms with van der Waals surface area (Å²) >= 11 is 0. The monoisotopic (exact) mass is 264 g/mol. The van der Waals surface area contributed by atoms with Gasteiger partial charge < -0.3 is 11.1 Å². The number of nitrogens with two attached hydrogens (primary N) is 1. The first-order valence-electron chi connectivity index (χ1n) is 7.00. The van der Waals surface area contributed by atoms with Crippen LogP contribution in [0.25, 0.3) is 0 Å². The zero-order chi connectivity index (χ0) is 13.7. The van der Waals surface area contributed by atoms with Crippen LogP contribution >= 0.6 is 0 Å². The fourth-order valence-electron chi connectivity index (χ4n) is 2.68. The standard InChI is InChI=1S/C15H21FN2O/c16-12-7-8-14(13(17)10-12)18-15(19)9-11-5-3-1-2-4-6-11/h7-8,10-11H,1-6,9,17H2,(H,18,19). The molecule has 1 aromatic carbocycles. The van der Waals surface area contributed by atoms with Gasteiger partial charge in [-0.25, -0.2) is 4.39 Å². The first-order chi connectivity index (χ1) is 9.15. The highest BCUT2D eigenvalue weighted by Gasteiger charge is 2.16. The maximum absolute atomic E-state index is 12.9. The van der Waals surface area contributed by atoms with E-state index in [2.05, 4.69) is 5.32 Å². The molecule has 0 aromatic heterocycles. The van der Waals surface area contributed by atoms with Crippen molar-refractivity contribution >= 4 is 17.3 Å². The number of carbonyl (C=O) groups is 1. The first-order valence-corrected chi connectivity index (χ1v) is 7.00. The highest BCUT2D eigenvalue weighted by molar-refractivity contribution is 5.93. The Labute approximate surface area is 113 Å². The lowest BCUT2D eigenvalue weighted by molar-refractivity contribution is -0.117. The third-order valence-electron chi connectivity index (χ3n) is 3.74. The summed E-state index contributed by atoms with van der Waals surface area (Å²) in [7, 11) is 0. The van der Waals surface area contributed by atoms with E-state index >= 15 is 0 Å². The Morgan fingerprint density at radius 2 is 1.95 bits per heavy atom. The van der Waals surface area contributed by atoms with E-state index in [9.17, 15) is 9.18 Å². The summed E-state index contributed by atoms with van der Waals surface area (Å²) in [6.45, 7) is 0. The molecule has 0 aliphatic heterocycles. The molecule has 0 atom stereocenters. The number of benzene rings is 1. The minimum absolute atomic E-state index is 0.0230. The summed E-state index contributed by atoms with van der Waals surface area (Å²) in [6.07, 6.45) is 7.80. The van der Waals surface area contributed by atoms with Crippen LogP contribution in [-0.4, -0.2) is 5.91 Å². The van der Waals surface area contributed by atoms with Crippen molar-refractivity contribution in [1.82, 2.24) is 0 Å². The van der Waals surface area contributed by atoms with Crippen LogP contribution in [0.5, 0.6) is 0 Å². The second-order valence-electron chi connectivity index (χ2n) is 5.34. The second kappa shape index (κ2) is 6.55. The molecule has 0 unspecified atom stereocenters. The van der Waals surface area contributed by atoms with Crippen molar-refractivity contribution in [3.8, 4) is 0 Å². The molecule has 0 saturated heterocycles. The number of hydrogen-bond acceptors (Lipinski definition) is 2. The van der Waals surface area contributed by atoms with Crippen molar-refractivity contribution in [2.45, 2.75) is 44.9 Å². The van der Waals surface area contributed by atoms with Gasteiger partial charge in [0.25, 0.3) is 0 Å². The van der Waals surface area contributed by atoms with Crippen molar-refractivity contribution in [1.29, 1.82) is 0 Å². The number of rotatable bonds is 3. The zero-order valence-electron chi connectivity index (χ0n) is 11.1. The molecule has 3 nitrogen and oxygen atoms in total. The average molecular weight is 264 g/mol. The minimum atomic E-state index is -0.390. The SMILES string of the molecule is Nc1cc(F)ccc1NC(=O)CC1CCCCCC1. The summed E-state index contributed by atoms with van der Waals surface area (Å²) in [5, 5.41) is 2.77. The van der Waals surface area contributed by atoms with Crippen LogP contribution in [0.2, 0.25) is 0 Å². The smallest absolute Gasteiger partial charge is 0.224 e. The molecule has 19 heavy (non-hydrogen) atoms. The fourth-order valence-corrected chi connectivity index (χ4v) is 2.68. The summed E-state index contributed by atoms with van der Waals surface area (Å²) in [6, 6.07) is 4.04. The topological polar surface area (TPSA) is 55.1 Å². The molecule has 4 heteroatoms. The molecule has 0 spiro atoms. The molecule has 0 heterocycles. The van der Waals surface area contributed by atoms with Crippen LogP contribution in [0, 0.1) is 11.7 Å². The van der Waals surface area contributed by atoms with Crippen LogP contribution in [0.15, 0.2) is 18.2 Å². The van der Waals surface area contributed by atoms with E-state index in [1.807, 2.05) is 0 Å². The normalized spacial score (nSPS) is 16.9. The third kappa shape index (κ3) is 4.23. The highest BCUT2D eigenvalue weighted by Crippen LogP contribution is 2.26. The number of nitrogens with one attached hydrogen (secondary N) is 1. The van der Waals surface area contributed by atoms with Crippen LogP contribution in [-0.2, 0) is 4.79 Å². The van der Waals surface area contributed by atoms with Crippen molar-refractivity contribution in [3.63, 3.8) is 0 Å². The largest absolute Gasteiger partial charge is 0.397 e. The van der Waals surface area contributed by atoms with E-state index in [0.717, 1.165) is 12.8 Å². The average Bonchev–Trinajstić information content (AvgIpc) is 2.61. The van der Waals surface area contributed by atoms with Gasteiger partial charge in [-0.15, -0.1) is 0 Å². The van der Waals surface area contributed by atoms with E-state index < -0.39 is 0 Å². The molecule has 0 bridgehead atoms. The lowest BCUT2D eigenvalue weighted by Crippen LogP contribution is -2.17. The number of halogens is 1. The number of amides is 1. The Bertz CT molecular complexity index is 440. The van der Waals surface area contributed by atoms with Crippen molar-refractivity contribution < 1.29 is 9.18 Å². The fraction of sp³-hybridized carbons (Fsp3) is 0.533. The molecule has 0 radical (unpaired) electrons. The quantitative estimate of drug-likeness (QED) is 0.646. The Morgan fingerprint density at radius 1 is 1.26 bits per heavy atom. The number of anilines is 2. The van der Waals surface area contributed by atoms with E-state index in [1.54, 1.807) is 0 Å². The summed E-state index contributed by atoms with van der Waals surface area (Å²) in [5.41, 5.74) is 6.45. The molecule has 1 aliphatic rings. The predicted molar refractivity (Wildman–Crippen MR) is 75.3 cm³/mol. The number of nitrogen functional groups attached to an aromatic ring is 1. The maximum Gasteiger partial charge on any atom is 0.224 e. The highest BCUT2D eigenvalue weighted by atomic mass is 19.1. The molecule has 104 valence electrons. The van der Waals surface area contributed by atoms with Crippen LogP contribution in [0.1, 0.15) is 44.9 Å². The summed E-state index contributed by atoms with van der Waals surface area (Å²) in [4.78, 5) is 12.0. The minimum Gasteiger partial charge on any atom is -0.397 e. The molecule has 1 amide bonds. The Hall–Kier alpha value is -1.58. The molecule has 1 fully saturated rings. The van der Waals surface area contributed by atoms with Crippen LogP contribution in [0.3, 0.4) is 0 Å². The Kier molecular flexibility index (Phi) is 4.77. The van der Waals surface area contributed by atoms with Gasteiger partial charge in [0, 0.05) is 6.42 Å². The van der Waals surface area contributed by atoms with Crippen molar-refractivity contribution in [2.24, 2.45) is 5.92 Å². The number of hydrogen-bond donors (Lipinski definition) is 2. The molecular weight excluding hydrogens is 243 g/mol. The molecule has 2 rings (SSSR count). The van der Waals surface area contributed by atoms with Gasteiger partial charge in [-0.1, -0.05) is 25.7 Å². The van der Waals surface area contributed by atoms with Gasteiger partial charge in [0.1, 0.15) is 5.82 Å². The molecule has 1 saturated carbocycles. The van der Waals surface area contributed by atoms with Gasteiger partial charge in [0.2, 0.25) is 5.91 Å². The van der Waals surface area contributed by atoms with Gasteiger partial charge >= 0.3 is 0 Å². The summed E-state index contributed by atoms with van der Waals surface area (Å²) in [5.74, 6) is 0.0636. The van der Waals surface area contributed by atoms with Gasteiger partial charge in [-0.2, -0.15) is 0 Å². The lowest BCUT2D eigenvalue weighted by Gasteiger charge is -2.14. The molecule has 1 aliphatic carbocycles. The van der Waals surface area contributed by atoms with Crippen LogP contribution in [0.4, 0.5) is 15.8 Å².